The monoisotopic (exact) mass is 533 g/mol. The van der Waals surface area contributed by atoms with Gasteiger partial charge in [0, 0.05) is 0 Å². The number of ether oxygens (including phenoxy) is 2. The average Bonchev–Trinajstić information content (AvgIpc) is 3.46. The fourth-order valence-corrected chi connectivity index (χ4v) is 4.91. The fraction of sp³-hybridized carbons (Fsp3) is 0.310. The average molecular weight is 534 g/mol. The molecule has 2 aromatic carbocycles. The van der Waals surface area contributed by atoms with Crippen molar-refractivity contribution in [1.29, 1.82) is 0 Å². The summed E-state index contributed by atoms with van der Waals surface area (Å²) in [7, 11) is 0. The summed E-state index contributed by atoms with van der Waals surface area (Å²) < 4.78 is 11.8. The lowest BCUT2D eigenvalue weighted by Gasteiger charge is -2.24. The number of ketones is 1. The van der Waals surface area contributed by atoms with Crippen molar-refractivity contribution in [2.45, 2.75) is 46.1 Å². The molecule has 0 radical (unpaired) electrons. The first kappa shape index (κ1) is 27.1. The van der Waals surface area contributed by atoms with Crippen molar-refractivity contribution in [1.82, 2.24) is 10.2 Å². The molecule has 1 aliphatic rings. The SMILES string of the molecule is CCCCCOc1ccc(C2C(C(=O)C=Cc3ccccc3)=C(O)C(=O)N2c2nnc(C)s2)cc1OCC. The van der Waals surface area contributed by atoms with Crippen LogP contribution < -0.4 is 14.4 Å². The van der Waals surface area contributed by atoms with E-state index in [9.17, 15) is 14.7 Å². The molecule has 3 aromatic rings. The van der Waals surface area contributed by atoms with Crippen LogP contribution in [-0.2, 0) is 9.59 Å². The number of hydrogen-bond acceptors (Lipinski definition) is 8. The number of carbonyl (C=O) groups excluding carboxylic acids is 2. The number of benzene rings is 2. The molecule has 0 fully saturated rings. The maximum absolute atomic E-state index is 13.4. The summed E-state index contributed by atoms with van der Waals surface area (Å²) in [5.41, 5.74) is 1.37. The lowest BCUT2D eigenvalue weighted by Crippen LogP contribution is -2.31. The van der Waals surface area contributed by atoms with Crippen LogP contribution in [0.5, 0.6) is 11.5 Å². The van der Waals surface area contributed by atoms with Gasteiger partial charge >= 0.3 is 0 Å². The van der Waals surface area contributed by atoms with Gasteiger partial charge in [0.05, 0.1) is 24.8 Å². The molecule has 4 rings (SSSR count). The second-order valence-corrected chi connectivity index (χ2v) is 9.91. The van der Waals surface area contributed by atoms with Crippen molar-refractivity contribution < 1.29 is 24.2 Å². The Kier molecular flexibility index (Phi) is 8.91. The van der Waals surface area contributed by atoms with Crippen LogP contribution in [0, 0.1) is 6.92 Å². The number of aryl methyl sites for hydroxylation is 1. The van der Waals surface area contributed by atoms with Crippen LogP contribution in [0.1, 0.15) is 55.3 Å². The summed E-state index contributed by atoms with van der Waals surface area (Å²) in [5.74, 6) is -0.713. The molecular weight excluding hydrogens is 502 g/mol. The third kappa shape index (κ3) is 5.94. The van der Waals surface area contributed by atoms with Crippen molar-refractivity contribution >= 4 is 34.2 Å². The van der Waals surface area contributed by atoms with Gasteiger partial charge in [-0.3, -0.25) is 14.5 Å². The van der Waals surface area contributed by atoms with Crippen LogP contribution in [0.25, 0.3) is 6.08 Å². The maximum atomic E-state index is 13.4. The summed E-state index contributed by atoms with van der Waals surface area (Å²) in [5, 5.41) is 20.0. The lowest BCUT2D eigenvalue weighted by atomic mass is 9.95. The van der Waals surface area contributed by atoms with Gasteiger partial charge in [0.1, 0.15) is 5.01 Å². The highest BCUT2D eigenvalue weighted by molar-refractivity contribution is 7.15. The molecule has 1 amide bonds. The van der Waals surface area contributed by atoms with Crippen LogP contribution in [0.4, 0.5) is 5.13 Å². The Morgan fingerprint density at radius 1 is 1.08 bits per heavy atom. The first-order valence-corrected chi connectivity index (χ1v) is 13.5. The van der Waals surface area contributed by atoms with Gasteiger partial charge < -0.3 is 14.6 Å². The Bertz CT molecular complexity index is 1350. The number of amides is 1. The fourth-order valence-electron chi connectivity index (χ4n) is 4.20. The Balaban J connectivity index is 1.74. The minimum Gasteiger partial charge on any atom is -0.503 e. The van der Waals surface area contributed by atoms with E-state index >= 15 is 0 Å². The highest BCUT2D eigenvalue weighted by Crippen LogP contribution is 2.44. The number of aromatic nitrogens is 2. The number of anilines is 1. The molecule has 2 heterocycles. The Hall–Kier alpha value is -3.98. The molecule has 1 atom stereocenters. The van der Waals surface area contributed by atoms with Gasteiger partial charge in [-0.15, -0.1) is 10.2 Å². The zero-order chi connectivity index (χ0) is 27.1. The number of hydrogen-bond donors (Lipinski definition) is 1. The van der Waals surface area contributed by atoms with E-state index in [1.165, 1.54) is 22.3 Å². The number of aliphatic hydroxyl groups is 1. The van der Waals surface area contributed by atoms with Gasteiger partial charge in [-0.25, -0.2) is 0 Å². The van der Waals surface area contributed by atoms with Crippen molar-refractivity contribution in [3.63, 3.8) is 0 Å². The number of unbranched alkanes of at least 4 members (excludes halogenated alkanes) is 2. The second kappa shape index (κ2) is 12.5. The molecule has 0 saturated heterocycles. The molecule has 1 unspecified atom stereocenters. The minimum atomic E-state index is -0.920. The highest BCUT2D eigenvalue weighted by atomic mass is 32.1. The smallest absolute Gasteiger partial charge is 0.296 e. The molecule has 0 bridgehead atoms. The molecule has 38 heavy (non-hydrogen) atoms. The normalized spacial score (nSPS) is 15.5. The van der Waals surface area contributed by atoms with Crippen molar-refractivity contribution in [2.75, 3.05) is 18.1 Å². The standard InChI is InChI=1S/C29H31N3O5S/c1-4-6-10-17-37-23-16-14-21(18-24(23)36-5-2)26-25(22(33)15-13-20-11-8-7-9-12-20)27(34)28(35)32(26)29-31-30-19(3)38-29/h7-9,11-16,18,26,34H,4-6,10,17H2,1-3H3. The van der Waals surface area contributed by atoms with Crippen LogP contribution in [0.15, 0.2) is 65.9 Å². The van der Waals surface area contributed by atoms with Crippen LogP contribution in [-0.4, -0.2) is 40.2 Å². The van der Waals surface area contributed by atoms with Gasteiger partial charge in [-0.05, 0) is 49.6 Å². The number of rotatable bonds is 12. The first-order chi connectivity index (χ1) is 18.4. The summed E-state index contributed by atoms with van der Waals surface area (Å²) in [4.78, 5) is 28.1. The van der Waals surface area contributed by atoms with Gasteiger partial charge in [0.2, 0.25) is 5.13 Å². The number of carbonyl (C=O) groups is 2. The van der Waals surface area contributed by atoms with E-state index in [0.29, 0.717) is 35.3 Å². The quantitative estimate of drug-likeness (QED) is 0.225. The zero-order valence-corrected chi connectivity index (χ0v) is 22.5. The van der Waals surface area contributed by atoms with E-state index in [1.54, 1.807) is 31.2 Å². The van der Waals surface area contributed by atoms with Gasteiger partial charge in [-0.2, -0.15) is 0 Å². The Morgan fingerprint density at radius 3 is 2.55 bits per heavy atom. The molecule has 1 N–H and O–H groups in total. The van der Waals surface area contributed by atoms with Crippen molar-refractivity contribution in [3.8, 4) is 11.5 Å². The van der Waals surface area contributed by atoms with Gasteiger partial charge in [-0.1, -0.05) is 73.6 Å². The third-order valence-electron chi connectivity index (χ3n) is 6.01. The second-order valence-electron chi connectivity index (χ2n) is 8.75. The predicted octanol–water partition coefficient (Wildman–Crippen LogP) is 6.00. The van der Waals surface area contributed by atoms with E-state index in [0.717, 1.165) is 24.8 Å². The zero-order valence-electron chi connectivity index (χ0n) is 21.7. The number of aliphatic hydroxyl groups excluding tert-OH is 1. The number of allylic oxidation sites excluding steroid dienone is 1. The summed E-state index contributed by atoms with van der Waals surface area (Å²) in [6, 6.07) is 13.7. The number of nitrogens with zero attached hydrogens (tertiary/aromatic N) is 3. The summed E-state index contributed by atoms with van der Waals surface area (Å²) >= 11 is 1.21. The molecular formula is C29H31N3O5S. The van der Waals surface area contributed by atoms with Crippen molar-refractivity contribution in [3.05, 3.63) is 82.1 Å². The van der Waals surface area contributed by atoms with E-state index in [4.69, 9.17) is 9.47 Å². The minimum absolute atomic E-state index is 0.0332. The van der Waals surface area contributed by atoms with E-state index in [2.05, 4.69) is 17.1 Å². The van der Waals surface area contributed by atoms with Crippen LogP contribution in [0.3, 0.4) is 0 Å². The van der Waals surface area contributed by atoms with Crippen LogP contribution in [0.2, 0.25) is 0 Å². The van der Waals surface area contributed by atoms with Gasteiger partial charge in [0.25, 0.3) is 5.91 Å². The topological polar surface area (TPSA) is 102 Å². The van der Waals surface area contributed by atoms with E-state index in [-0.39, 0.29) is 10.7 Å². The molecule has 9 heteroatoms. The summed E-state index contributed by atoms with van der Waals surface area (Å²) in [6.45, 7) is 6.74. The lowest BCUT2D eigenvalue weighted by molar-refractivity contribution is -0.117. The highest BCUT2D eigenvalue weighted by Gasteiger charge is 2.45. The molecule has 1 aromatic heterocycles. The third-order valence-corrected chi connectivity index (χ3v) is 6.85. The van der Waals surface area contributed by atoms with E-state index in [1.807, 2.05) is 37.3 Å². The van der Waals surface area contributed by atoms with E-state index < -0.39 is 23.5 Å². The predicted molar refractivity (Wildman–Crippen MR) is 148 cm³/mol. The van der Waals surface area contributed by atoms with Crippen molar-refractivity contribution in [2.24, 2.45) is 0 Å². The van der Waals surface area contributed by atoms with Gasteiger partial charge in [0.15, 0.2) is 23.0 Å². The largest absolute Gasteiger partial charge is 0.503 e. The van der Waals surface area contributed by atoms with Crippen LogP contribution >= 0.6 is 11.3 Å². The molecule has 198 valence electrons. The molecule has 0 saturated carbocycles. The first-order valence-electron chi connectivity index (χ1n) is 12.7. The molecule has 0 spiro atoms. The molecule has 0 aliphatic carbocycles. The Morgan fingerprint density at radius 2 is 1.87 bits per heavy atom. The molecule has 8 nitrogen and oxygen atoms in total. The maximum Gasteiger partial charge on any atom is 0.296 e. The Labute approximate surface area is 226 Å². The molecule has 1 aliphatic heterocycles. The summed E-state index contributed by atoms with van der Waals surface area (Å²) in [6.07, 6.45) is 6.09.